The van der Waals surface area contributed by atoms with Crippen LogP contribution in [0.15, 0.2) is 16.8 Å². The van der Waals surface area contributed by atoms with Crippen LogP contribution in [0.3, 0.4) is 0 Å². The van der Waals surface area contributed by atoms with Crippen molar-refractivity contribution in [3.63, 3.8) is 0 Å². The summed E-state index contributed by atoms with van der Waals surface area (Å²) in [6.45, 7) is 2.05. The largest absolute Gasteiger partial charge is 0.243 e. The summed E-state index contributed by atoms with van der Waals surface area (Å²) >= 11 is 5.86. The Hall–Kier alpha value is -1.09. The molecule has 0 spiro atoms. The Morgan fingerprint density at radius 1 is 1.33 bits per heavy atom. The third-order valence-electron chi connectivity index (χ3n) is 1.83. The predicted molar refractivity (Wildman–Crippen MR) is 46.2 cm³/mol. The maximum absolute atomic E-state index is 5.86. The fraction of sp³-hybridized carbons (Fsp3) is 0.250. The van der Waals surface area contributed by atoms with E-state index in [2.05, 4.69) is 21.9 Å². The second-order valence-electron chi connectivity index (χ2n) is 2.52. The summed E-state index contributed by atoms with van der Waals surface area (Å²) in [5.41, 5.74) is 2.52. The Bertz CT molecular complexity index is 410. The summed E-state index contributed by atoms with van der Waals surface area (Å²) in [5, 5.41) is 8.08. The van der Waals surface area contributed by atoms with Crippen LogP contribution in [0.2, 0.25) is 5.02 Å². The van der Waals surface area contributed by atoms with Crippen LogP contribution in [-0.4, -0.2) is 10.3 Å². The molecule has 0 unspecified atom stereocenters. The minimum absolute atomic E-state index is 0.587. The second kappa shape index (κ2) is 2.75. The standard InChI is InChI=1S/C8H7ClN2O/c1-2-5-3-4-6(9)8-7(5)10-12-11-8/h3-4H,2H2,1H3. The van der Waals surface area contributed by atoms with E-state index in [9.17, 15) is 0 Å². The van der Waals surface area contributed by atoms with Crippen molar-refractivity contribution in [3.8, 4) is 0 Å². The van der Waals surface area contributed by atoms with E-state index in [1.54, 1.807) is 0 Å². The van der Waals surface area contributed by atoms with Gasteiger partial charge in [-0.05, 0) is 28.4 Å². The van der Waals surface area contributed by atoms with Crippen molar-refractivity contribution in [2.75, 3.05) is 0 Å². The molecule has 0 bridgehead atoms. The molecule has 0 N–H and O–H groups in total. The quantitative estimate of drug-likeness (QED) is 0.680. The highest BCUT2D eigenvalue weighted by Crippen LogP contribution is 2.23. The summed E-state index contributed by atoms with van der Waals surface area (Å²) in [6.07, 6.45) is 0.905. The van der Waals surface area contributed by atoms with Crippen LogP contribution in [0, 0.1) is 0 Å². The molecular formula is C8H7ClN2O. The van der Waals surface area contributed by atoms with E-state index in [0.717, 1.165) is 17.5 Å². The summed E-state index contributed by atoms with van der Waals surface area (Å²) in [7, 11) is 0. The molecule has 0 saturated carbocycles. The van der Waals surface area contributed by atoms with Gasteiger partial charge in [0, 0.05) is 0 Å². The van der Waals surface area contributed by atoms with Crippen LogP contribution in [0.25, 0.3) is 11.0 Å². The van der Waals surface area contributed by atoms with Crippen LogP contribution in [-0.2, 0) is 6.42 Å². The third-order valence-corrected chi connectivity index (χ3v) is 2.14. The summed E-state index contributed by atoms with van der Waals surface area (Å²) in [6, 6.07) is 3.75. The first kappa shape index (κ1) is 7.55. The van der Waals surface area contributed by atoms with Crippen molar-refractivity contribution in [2.24, 2.45) is 0 Å². The average molecular weight is 183 g/mol. The SMILES string of the molecule is CCc1ccc(Cl)c2nonc12. The lowest BCUT2D eigenvalue weighted by Gasteiger charge is -1.95. The first-order chi connectivity index (χ1) is 5.83. The number of nitrogens with zero attached hydrogens (tertiary/aromatic N) is 2. The van der Waals surface area contributed by atoms with Gasteiger partial charge in [-0.15, -0.1) is 0 Å². The Morgan fingerprint density at radius 2 is 2.08 bits per heavy atom. The Labute approximate surface area is 74.3 Å². The van der Waals surface area contributed by atoms with Crippen LogP contribution in [0.1, 0.15) is 12.5 Å². The van der Waals surface area contributed by atoms with Gasteiger partial charge in [0.15, 0.2) is 5.52 Å². The van der Waals surface area contributed by atoms with Gasteiger partial charge in [0.05, 0.1) is 5.02 Å². The van der Waals surface area contributed by atoms with E-state index in [4.69, 9.17) is 11.6 Å². The summed E-state index contributed by atoms with van der Waals surface area (Å²) in [5.74, 6) is 0. The highest BCUT2D eigenvalue weighted by molar-refractivity contribution is 6.34. The minimum Gasteiger partial charge on any atom is -0.243 e. The average Bonchev–Trinajstić information content (AvgIpc) is 2.54. The predicted octanol–water partition coefficient (Wildman–Crippen LogP) is 2.44. The van der Waals surface area contributed by atoms with Crippen LogP contribution in [0.5, 0.6) is 0 Å². The molecule has 0 fully saturated rings. The highest BCUT2D eigenvalue weighted by Gasteiger charge is 2.08. The normalized spacial score (nSPS) is 10.8. The lowest BCUT2D eigenvalue weighted by Crippen LogP contribution is -1.82. The first-order valence-corrected chi connectivity index (χ1v) is 4.10. The molecule has 4 heteroatoms. The maximum atomic E-state index is 5.86. The molecule has 0 amide bonds. The number of hydrogen-bond donors (Lipinski definition) is 0. The molecule has 0 aliphatic rings. The van der Waals surface area contributed by atoms with Gasteiger partial charge in [0.25, 0.3) is 0 Å². The first-order valence-electron chi connectivity index (χ1n) is 3.72. The van der Waals surface area contributed by atoms with E-state index >= 15 is 0 Å². The van der Waals surface area contributed by atoms with Crippen molar-refractivity contribution in [2.45, 2.75) is 13.3 Å². The second-order valence-corrected chi connectivity index (χ2v) is 2.93. The van der Waals surface area contributed by atoms with E-state index in [1.165, 1.54) is 0 Å². The zero-order valence-corrected chi connectivity index (χ0v) is 7.30. The number of halogens is 1. The lowest BCUT2D eigenvalue weighted by molar-refractivity contribution is 0.315. The number of benzene rings is 1. The van der Waals surface area contributed by atoms with Gasteiger partial charge in [-0.25, -0.2) is 4.63 Å². The van der Waals surface area contributed by atoms with Gasteiger partial charge in [-0.1, -0.05) is 24.6 Å². The molecule has 2 aromatic rings. The van der Waals surface area contributed by atoms with Gasteiger partial charge in [0.1, 0.15) is 5.52 Å². The number of rotatable bonds is 1. The van der Waals surface area contributed by atoms with Gasteiger partial charge in [0.2, 0.25) is 0 Å². The zero-order chi connectivity index (χ0) is 8.55. The molecule has 1 heterocycles. The highest BCUT2D eigenvalue weighted by atomic mass is 35.5. The van der Waals surface area contributed by atoms with Gasteiger partial charge < -0.3 is 0 Å². The van der Waals surface area contributed by atoms with Crippen molar-refractivity contribution >= 4 is 22.6 Å². The van der Waals surface area contributed by atoms with Crippen molar-refractivity contribution < 1.29 is 4.63 Å². The fourth-order valence-electron chi connectivity index (χ4n) is 1.17. The van der Waals surface area contributed by atoms with Gasteiger partial charge >= 0.3 is 0 Å². The number of aromatic nitrogens is 2. The van der Waals surface area contributed by atoms with Crippen LogP contribution < -0.4 is 0 Å². The van der Waals surface area contributed by atoms with Gasteiger partial charge in [-0.2, -0.15) is 0 Å². The molecule has 0 radical (unpaired) electrons. The summed E-state index contributed by atoms with van der Waals surface area (Å²) in [4.78, 5) is 0. The molecule has 0 saturated heterocycles. The molecule has 2 rings (SSSR count). The number of aryl methyl sites for hydroxylation is 1. The van der Waals surface area contributed by atoms with Crippen molar-refractivity contribution in [3.05, 3.63) is 22.7 Å². The monoisotopic (exact) mass is 182 g/mol. The molecule has 1 aromatic heterocycles. The molecular weight excluding hydrogens is 176 g/mol. The van der Waals surface area contributed by atoms with E-state index < -0.39 is 0 Å². The molecule has 62 valence electrons. The number of hydrogen-bond acceptors (Lipinski definition) is 3. The van der Waals surface area contributed by atoms with Crippen molar-refractivity contribution in [1.82, 2.24) is 10.3 Å². The molecule has 1 aromatic carbocycles. The Balaban J connectivity index is 2.82. The molecule has 3 nitrogen and oxygen atoms in total. The van der Waals surface area contributed by atoms with E-state index in [0.29, 0.717) is 10.5 Å². The molecule has 0 atom stereocenters. The Morgan fingerprint density at radius 3 is 2.83 bits per heavy atom. The molecule has 12 heavy (non-hydrogen) atoms. The number of fused-ring (bicyclic) bond motifs is 1. The van der Waals surface area contributed by atoms with Gasteiger partial charge in [-0.3, -0.25) is 0 Å². The van der Waals surface area contributed by atoms with Crippen molar-refractivity contribution in [1.29, 1.82) is 0 Å². The third kappa shape index (κ3) is 0.975. The van der Waals surface area contributed by atoms with Crippen LogP contribution >= 0.6 is 11.6 Å². The van der Waals surface area contributed by atoms with E-state index in [1.807, 2.05) is 12.1 Å². The smallest absolute Gasteiger partial charge is 0.154 e. The minimum atomic E-state index is 0.587. The van der Waals surface area contributed by atoms with E-state index in [-0.39, 0.29) is 0 Å². The summed E-state index contributed by atoms with van der Waals surface area (Å²) < 4.78 is 4.60. The zero-order valence-electron chi connectivity index (χ0n) is 6.54. The lowest BCUT2D eigenvalue weighted by atomic mass is 10.1. The molecule has 0 aliphatic carbocycles. The fourth-order valence-corrected chi connectivity index (χ4v) is 1.36. The Kier molecular flexibility index (Phi) is 1.73. The molecule has 0 aliphatic heterocycles. The van der Waals surface area contributed by atoms with Crippen LogP contribution in [0.4, 0.5) is 0 Å². The topological polar surface area (TPSA) is 38.9 Å². The maximum Gasteiger partial charge on any atom is 0.154 e.